The molecule has 35 heavy (non-hydrogen) atoms. The molecule has 0 aliphatic heterocycles. The molecule has 0 aliphatic rings. The fourth-order valence-electron chi connectivity index (χ4n) is 3.44. The summed E-state index contributed by atoms with van der Waals surface area (Å²) in [6, 6.07) is 7.18. The molecule has 3 aromatic rings. The van der Waals surface area contributed by atoms with Crippen molar-refractivity contribution >= 4 is 12.0 Å². The number of aryl methyl sites for hydroxylation is 2. The second-order valence-corrected chi connectivity index (χ2v) is 7.85. The fourth-order valence-corrected chi connectivity index (χ4v) is 3.44. The second-order valence-electron chi connectivity index (χ2n) is 7.85. The number of alkyl halides is 3. The molecule has 2 N–H and O–H groups in total. The largest absolute Gasteiger partial charge is 0.573 e. The van der Waals surface area contributed by atoms with E-state index in [1.807, 2.05) is 0 Å². The quantitative estimate of drug-likeness (QED) is 0.500. The number of hydrogen-bond donors (Lipinski definition) is 2. The third-order valence-corrected chi connectivity index (χ3v) is 5.08. The molecule has 0 saturated carbocycles. The van der Waals surface area contributed by atoms with Crippen molar-refractivity contribution < 1.29 is 37.0 Å². The molecular formula is C23H22F4N4O4. The predicted molar refractivity (Wildman–Crippen MR) is 116 cm³/mol. The average Bonchev–Trinajstić information content (AvgIpc) is 3.07. The third kappa shape index (κ3) is 6.71. The number of imidazole rings is 1. The highest BCUT2D eigenvalue weighted by molar-refractivity contribution is 5.95. The highest BCUT2D eigenvalue weighted by Crippen LogP contribution is 2.26. The number of benzene rings is 2. The van der Waals surface area contributed by atoms with Gasteiger partial charge in [-0.05, 0) is 54.8 Å². The minimum Gasteiger partial charge on any atom is -0.463 e. The van der Waals surface area contributed by atoms with Crippen molar-refractivity contribution in [3.8, 4) is 5.75 Å². The van der Waals surface area contributed by atoms with Crippen LogP contribution >= 0.6 is 0 Å². The van der Waals surface area contributed by atoms with Crippen molar-refractivity contribution in [3.05, 3.63) is 82.5 Å². The van der Waals surface area contributed by atoms with E-state index in [1.54, 1.807) is 27.0 Å². The van der Waals surface area contributed by atoms with Gasteiger partial charge in [0.25, 0.3) is 5.91 Å². The van der Waals surface area contributed by atoms with E-state index < -0.39 is 36.0 Å². The van der Waals surface area contributed by atoms with Gasteiger partial charge in [0.2, 0.25) is 5.62 Å². The summed E-state index contributed by atoms with van der Waals surface area (Å²) in [7, 11) is 1.55. The molecule has 0 aliphatic carbocycles. The maximum atomic E-state index is 13.6. The number of hydrogen-bond acceptors (Lipinski definition) is 3. The normalized spacial score (nSPS) is 12.9. The first-order valence-electron chi connectivity index (χ1n) is 10.3. The summed E-state index contributed by atoms with van der Waals surface area (Å²) in [5, 5.41) is 11.7. The minimum absolute atomic E-state index is 0.0333. The zero-order valence-electron chi connectivity index (χ0n) is 18.9. The number of carboxylic acid groups (broad SMARTS) is 1. The number of amides is 2. The minimum atomic E-state index is -4.99. The zero-order valence-corrected chi connectivity index (χ0v) is 18.9. The first kappa shape index (κ1) is 25.5. The summed E-state index contributed by atoms with van der Waals surface area (Å²) in [6.45, 7) is 3.14. The molecule has 0 saturated heterocycles. The molecule has 0 fully saturated rings. The van der Waals surface area contributed by atoms with Crippen LogP contribution < -0.4 is 15.7 Å². The Morgan fingerprint density at radius 2 is 1.89 bits per heavy atom. The monoisotopic (exact) mass is 494 g/mol. The molecule has 0 unspecified atom stereocenters. The van der Waals surface area contributed by atoms with Gasteiger partial charge in [-0.3, -0.25) is 4.79 Å². The Morgan fingerprint density at radius 3 is 2.51 bits per heavy atom. The number of halogens is 4. The summed E-state index contributed by atoms with van der Waals surface area (Å²) in [5.41, 5.74) is 1.15. The number of carbonyl (C=O) groups is 2. The van der Waals surface area contributed by atoms with Crippen molar-refractivity contribution in [2.24, 2.45) is 12.0 Å². The van der Waals surface area contributed by atoms with E-state index in [0.29, 0.717) is 11.1 Å². The summed E-state index contributed by atoms with van der Waals surface area (Å²) < 4.78 is 59.1. The number of nitrogens with one attached hydrogen (secondary N) is 1. The Morgan fingerprint density at radius 1 is 1.17 bits per heavy atom. The van der Waals surface area contributed by atoms with Crippen molar-refractivity contribution in [1.29, 1.82) is 0 Å². The highest BCUT2D eigenvalue weighted by atomic mass is 19.4. The van der Waals surface area contributed by atoms with Crippen LogP contribution in [0.25, 0.3) is 0 Å². The molecule has 0 bridgehead atoms. The Hall–Kier alpha value is -4.09. The number of carbonyl (C=O) groups excluding carboxylic acids is 1. The van der Waals surface area contributed by atoms with Gasteiger partial charge in [-0.15, -0.1) is 18.2 Å². The fraction of sp³-hybridized carbons (Fsp3) is 0.261. The standard InChI is InChI=1S/C23H22F4N4O4/c1-13-8-16(4-5-19(13)24)14(2)28-20(32)17-9-15(10-18(11-17)35-23(25,26)27)12-31-7-6-30(3)21(31)29-22(33)34/h4-11,14H,12H2,1-3H3,(H,28,32)(H,33,34)/t14-/m0/s1. The van der Waals surface area contributed by atoms with Crippen LogP contribution in [0.2, 0.25) is 0 Å². The van der Waals surface area contributed by atoms with Crippen LogP contribution in [0.5, 0.6) is 5.75 Å². The first-order chi connectivity index (χ1) is 16.3. The summed E-state index contributed by atoms with van der Waals surface area (Å²) in [5.74, 6) is -1.69. The molecule has 0 spiro atoms. The summed E-state index contributed by atoms with van der Waals surface area (Å²) in [4.78, 5) is 27.4. The second kappa shape index (κ2) is 10.0. The molecule has 2 amide bonds. The summed E-state index contributed by atoms with van der Waals surface area (Å²) in [6.07, 6.45) is -3.41. The van der Waals surface area contributed by atoms with Crippen LogP contribution in [0.4, 0.5) is 22.4 Å². The maximum Gasteiger partial charge on any atom is 0.573 e. The lowest BCUT2D eigenvalue weighted by molar-refractivity contribution is -0.274. The van der Waals surface area contributed by atoms with Gasteiger partial charge < -0.3 is 24.3 Å². The summed E-state index contributed by atoms with van der Waals surface area (Å²) >= 11 is 0. The molecule has 3 rings (SSSR count). The van der Waals surface area contributed by atoms with Gasteiger partial charge in [0.05, 0.1) is 12.6 Å². The molecule has 0 radical (unpaired) electrons. The SMILES string of the molecule is Cc1cc([C@H](C)NC(=O)c2cc(Cn3ccn(C)c3=NC(=O)O)cc(OC(F)(F)F)c2)ccc1F. The van der Waals surface area contributed by atoms with Crippen molar-refractivity contribution in [1.82, 2.24) is 14.5 Å². The Balaban J connectivity index is 1.94. The number of nitrogens with zero attached hydrogens (tertiary/aromatic N) is 3. The molecular weight excluding hydrogens is 472 g/mol. The molecule has 186 valence electrons. The molecule has 8 nitrogen and oxygen atoms in total. The molecule has 1 heterocycles. The highest BCUT2D eigenvalue weighted by Gasteiger charge is 2.31. The van der Waals surface area contributed by atoms with Crippen LogP contribution in [0, 0.1) is 12.7 Å². The van der Waals surface area contributed by atoms with E-state index in [-0.39, 0.29) is 23.3 Å². The van der Waals surface area contributed by atoms with Gasteiger partial charge >= 0.3 is 12.5 Å². The van der Waals surface area contributed by atoms with E-state index in [1.165, 1.54) is 39.7 Å². The van der Waals surface area contributed by atoms with E-state index in [0.717, 1.165) is 12.1 Å². The van der Waals surface area contributed by atoms with Gasteiger partial charge in [0.1, 0.15) is 11.6 Å². The maximum absolute atomic E-state index is 13.6. The molecule has 12 heteroatoms. The first-order valence-corrected chi connectivity index (χ1v) is 10.3. The van der Waals surface area contributed by atoms with E-state index in [4.69, 9.17) is 5.11 Å². The average molecular weight is 494 g/mol. The van der Waals surface area contributed by atoms with Gasteiger partial charge in [-0.1, -0.05) is 12.1 Å². The van der Waals surface area contributed by atoms with Crippen LogP contribution in [-0.2, 0) is 13.6 Å². The lowest BCUT2D eigenvalue weighted by Gasteiger charge is -2.17. The van der Waals surface area contributed by atoms with Gasteiger partial charge in [0.15, 0.2) is 0 Å². The van der Waals surface area contributed by atoms with E-state index >= 15 is 0 Å². The molecule has 1 atom stereocenters. The number of aromatic nitrogens is 2. The lowest BCUT2D eigenvalue weighted by Crippen LogP contribution is -2.28. The topological polar surface area (TPSA) is 97.9 Å². The zero-order chi connectivity index (χ0) is 25.9. The van der Waals surface area contributed by atoms with Crippen molar-refractivity contribution in [2.75, 3.05) is 0 Å². The van der Waals surface area contributed by atoms with Crippen molar-refractivity contribution in [2.45, 2.75) is 32.8 Å². The number of ether oxygens (including phenoxy) is 1. The third-order valence-electron chi connectivity index (χ3n) is 5.08. The predicted octanol–water partition coefficient (Wildman–Crippen LogP) is 4.29. The van der Waals surface area contributed by atoms with Crippen LogP contribution in [0.15, 0.2) is 53.8 Å². The van der Waals surface area contributed by atoms with Crippen LogP contribution in [0.1, 0.15) is 40.0 Å². The molecule has 2 aromatic carbocycles. The Labute approximate surface area is 197 Å². The smallest absolute Gasteiger partial charge is 0.463 e. The van der Waals surface area contributed by atoms with E-state index in [9.17, 15) is 27.2 Å². The van der Waals surface area contributed by atoms with Crippen molar-refractivity contribution in [3.63, 3.8) is 0 Å². The molecule has 1 aromatic heterocycles. The van der Waals surface area contributed by atoms with Gasteiger partial charge in [-0.25, -0.2) is 9.18 Å². The lowest BCUT2D eigenvalue weighted by atomic mass is 10.0. The van der Waals surface area contributed by atoms with Gasteiger partial charge in [-0.2, -0.15) is 0 Å². The Bertz CT molecular complexity index is 1330. The van der Waals surface area contributed by atoms with Crippen LogP contribution in [0.3, 0.4) is 0 Å². The van der Waals surface area contributed by atoms with E-state index in [2.05, 4.69) is 15.0 Å². The van der Waals surface area contributed by atoms with Crippen LogP contribution in [-0.4, -0.2) is 32.6 Å². The Kier molecular flexibility index (Phi) is 7.32. The van der Waals surface area contributed by atoms with Gasteiger partial charge in [0, 0.05) is 25.0 Å². The number of rotatable bonds is 6.